The predicted octanol–water partition coefficient (Wildman–Crippen LogP) is -6.04. The number of aromatic nitrogens is 2. The molecule has 0 atom stereocenters. The summed E-state index contributed by atoms with van der Waals surface area (Å²) in [6.07, 6.45) is 6.14. The van der Waals surface area contributed by atoms with E-state index in [2.05, 4.69) is 24.0 Å². The van der Waals surface area contributed by atoms with Crippen molar-refractivity contribution in [2.75, 3.05) is 0 Å². The van der Waals surface area contributed by atoms with Gasteiger partial charge < -0.3 is 24.8 Å². The SMILES string of the molecule is CCn1cc[n+](C)c1.[Al+].[Cl-].[Cl-]. The van der Waals surface area contributed by atoms with Crippen molar-refractivity contribution < 1.29 is 29.4 Å². The molecule has 0 aliphatic heterocycles. The molecule has 1 rings (SSSR count). The second-order valence-corrected chi connectivity index (χ2v) is 1.91. The van der Waals surface area contributed by atoms with Gasteiger partial charge in [-0.2, -0.15) is 0 Å². The molecule has 11 heavy (non-hydrogen) atoms. The van der Waals surface area contributed by atoms with Gasteiger partial charge in [-0.05, 0) is 6.92 Å². The maximum Gasteiger partial charge on any atom is 1.00 e. The largest absolute Gasteiger partial charge is 1.00 e. The number of aryl methyl sites for hydroxylation is 2. The summed E-state index contributed by atoms with van der Waals surface area (Å²) in [7, 11) is 2.02. The minimum atomic E-state index is 0. The zero-order chi connectivity index (χ0) is 5.98. The van der Waals surface area contributed by atoms with Gasteiger partial charge in [-0.1, -0.05) is 0 Å². The quantitative estimate of drug-likeness (QED) is 0.321. The van der Waals surface area contributed by atoms with Gasteiger partial charge in [0.25, 0.3) is 0 Å². The fourth-order valence-electron chi connectivity index (χ4n) is 0.689. The molecule has 62 valence electrons. The molecule has 2 nitrogen and oxygen atoms in total. The molecule has 0 fully saturated rings. The molecule has 0 unspecified atom stereocenters. The van der Waals surface area contributed by atoms with E-state index in [-0.39, 0.29) is 42.2 Å². The summed E-state index contributed by atoms with van der Waals surface area (Å²) in [6.45, 7) is 3.18. The number of nitrogens with zero attached hydrogens (tertiary/aromatic N) is 2. The van der Waals surface area contributed by atoms with Crippen LogP contribution in [-0.4, -0.2) is 21.9 Å². The topological polar surface area (TPSA) is 8.81 Å². The van der Waals surface area contributed by atoms with Gasteiger partial charge in [0, 0.05) is 0 Å². The third kappa shape index (κ3) is 5.58. The van der Waals surface area contributed by atoms with E-state index in [9.17, 15) is 0 Å². The minimum absolute atomic E-state index is 0. The van der Waals surface area contributed by atoms with E-state index in [1.54, 1.807) is 0 Å². The summed E-state index contributed by atoms with van der Waals surface area (Å²) in [5, 5.41) is 0. The second-order valence-electron chi connectivity index (χ2n) is 1.91. The van der Waals surface area contributed by atoms with Crippen molar-refractivity contribution in [2.45, 2.75) is 13.5 Å². The summed E-state index contributed by atoms with van der Waals surface area (Å²) >= 11 is 0. The zero-order valence-electron chi connectivity index (χ0n) is 6.67. The van der Waals surface area contributed by atoms with Crippen LogP contribution < -0.4 is 29.4 Å². The fourth-order valence-corrected chi connectivity index (χ4v) is 0.689. The molecule has 0 aliphatic carbocycles. The Balaban J connectivity index is -0.000000213. The third-order valence-electron chi connectivity index (χ3n) is 1.19. The van der Waals surface area contributed by atoms with Crippen LogP contribution in [0.3, 0.4) is 0 Å². The Labute approximate surface area is 90.6 Å². The standard InChI is InChI=1S/C6H11N2.Al.2ClH/c1-3-8-5-4-7(2)6-8;;;/h4-6H,3H2,1-2H3;;2*1H/q2*+1;;/p-2. The van der Waals surface area contributed by atoms with Crippen molar-refractivity contribution in [3.63, 3.8) is 0 Å². The molecule has 0 spiro atoms. The summed E-state index contributed by atoms with van der Waals surface area (Å²) in [4.78, 5) is 0. The molecule has 0 bridgehead atoms. The Morgan fingerprint density at radius 2 is 1.91 bits per heavy atom. The van der Waals surface area contributed by atoms with E-state index in [1.165, 1.54) is 0 Å². The van der Waals surface area contributed by atoms with E-state index >= 15 is 0 Å². The van der Waals surface area contributed by atoms with Gasteiger partial charge >= 0.3 is 17.4 Å². The van der Waals surface area contributed by atoms with Crippen LogP contribution in [0.2, 0.25) is 0 Å². The van der Waals surface area contributed by atoms with Crippen molar-refractivity contribution in [3.8, 4) is 0 Å². The molecule has 0 amide bonds. The van der Waals surface area contributed by atoms with Crippen LogP contribution in [-0.2, 0) is 13.6 Å². The van der Waals surface area contributed by atoms with Crippen molar-refractivity contribution in [1.82, 2.24) is 4.57 Å². The molecule has 0 aliphatic rings. The first-order valence-electron chi connectivity index (χ1n) is 2.84. The van der Waals surface area contributed by atoms with E-state index in [4.69, 9.17) is 0 Å². The molecular formula is C6H11AlCl2N2. The Morgan fingerprint density at radius 3 is 2.09 bits per heavy atom. The molecule has 0 N–H and O–H groups in total. The summed E-state index contributed by atoms with van der Waals surface area (Å²) in [6, 6.07) is 0. The van der Waals surface area contributed by atoms with Gasteiger partial charge in [0.2, 0.25) is 6.33 Å². The normalized spacial score (nSPS) is 7.09. The number of imidazole rings is 1. The Morgan fingerprint density at radius 1 is 1.36 bits per heavy atom. The van der Waals surface area contributed by atoms with Gasteiger partial charge in [-0.15, -0.1) is 0 Å². The molecule has 1 heterocycles. The summed E-state index contributed by atoms with van der Waals surface area (Å²) in [5.74, 6) is 0. The first kappa shape index (κ1) is 17.4. The van der Waals surface area contributed by atoms with Crippen LogP contribution in [0.5, 0.6) is 0 Å². The van der Waals surface area contributed by atoms with Crippen LogP contribution in [0.4, 0.5) is 0 Å². The van der Waals surface area contributed by atoms with Crippen molar-refractivity contribution in [3.05, 3.63) is 18.7 Å². The summed E-state index contributed by atoms with van der Waals surface area (Å²) < 4.78 is 4.16. The van der Waals surface area contributed by atoms with Crippen LogP contribution in [0, 0.1) is 0 Å². The summed E-state index contributed by atoms with van der Waals surface area (Å²) in [5.41, 5.74) is 0. The van der Waals surface area contributed by atoms with E-state index in [0.717, 1.165) is 6.54 Å². The number of halogens is 2. The van der Waals surface area contributed by atoms with Gasteiger partial charge in [0.1, 0.15) is 12.4 Å². The molecule has 0 aromatic carbocycles. The average molecular weight is 209 g/mol. The van der Waals surface area contributed by atoms with Crippen molar-refractivity contribution in [1.29, 1.82) is 0 Å². The number of hydrogen-bond acceptors (Lipinski definition) is 0. The smallest absolute Gasteiger partial charge is 1.00 e. The van der Waals surface area contributed by atoms with E-state index in [1.807, 2.05) is 17.8 Å². The van der Waals surface area contributed by atoms with E-state index < -0.39 is 0 Å². The van der Waals surface area contributed by atoms with Gasteiger partial charge in [0.15, 0.2) is 0 Å². The van der Waals surface area contributed by atoms with Crippen LogP contribution in [0.15, 0.2) is 18.7 Å². The molecule has 1 aromatic rings. The van der Waals surface area contributed by atoms with E-state index in [0.29, 0.717) is 0 Å². The van der Waals surface area contributed by atoms with Crippen molar-refractivity contribution in [2.24, 2.45) is 7.05 Å². The predicted molar refractivity (Wildman–Crippen MR) is 37.0 cm³/mol. The van der Waals surface area contributed by atoms with Gasteiger partial charge in [0.05, 0.1) is 13.6 Å². The molecular weight excluding hydrogens is 198 g/mol. The zero-order valence-corrected chi connectivity index (χ0v) is 9.33. The number of hydrogen-bond donors (Lipinski definition) is 0. The van der Waals surface area contributed by atoms with Gasteiger partial charge in [-0.25, -0.2) is 9.13 Å². The second kappa shape index (κ2) is 8.42. The Bertz CT molecular complexity index is 179. The maximum absolute atomic E-state index is 2.12. The van der Waals surface area contributed by atoms with Crippen molar-refractivity contribution >= 4 is 17.4 Å². The third-order valence-corrected chi connectivity index (χ3v) is 1.19. The molecule has 5 heteroatoms. The Hall–Kier alpha value is 0.322. The molecule has 0 saturated heterocycles. The molecule has 1 aromatic heterocycles. The monoisotopic (exact) mass is 208 g/mol. The average Bonchev–Trinajstić information content (AvgIpc) is 2.14. The Kier molecular flexibility index (Phi) is 13.3. The molecule has 2 radical (unpaired) electrons. The number of rotatable bonds is 1. The van der Waals surface area contributed by atoms with Gasteiger partial charge in [-0.3, -0.25) is 0 Å². The molecule has 0 saturated carbocycles. The minimum Gasteiger partial charge on any atom is -1.00 e. The van der Waals surface area contributed by atoms with Crippen LogP contribution >= 0.6 is 0 Å². The first-order valence-corrected chi connectivity index (χ1v) is 2.84. The van der Waals surface area contributed by atoms with Crippen LogP contribution in [0.25, 0.3) is 0 Å². The first-order chi connectivity index (χ1) is 3.83. The fraction of sp³-hybridized carbons (Fsp3) is 0.500. The maximum atomic E-state index is 2.12. The van der Waals surface area contributed by atoms with Crippen LogP contribution in [0.1, 0.15) is 6.92 Å².